The molecule has 0 unspecified atom stereocenters. The molecule has 1 amide bonds. The third-order valence-electron chi connectivity index (χ3n) is 4.88. The average molecular weight is 363 g/mol. The number of rotatable bonds is 6. The molecule has 0 spiro atoms. The van der Waals surface area contributed by atoms with Crippen molar-refractivity contribution in [3.8, 4) is 11.1 Å². The summed E-state index contributed by atoms with van der Waals surface area (Å²) < 4.78 is 0. The number of carbonyl (C=O) groups excluding carboxylic acids is 2. The van der Waals surface area contributed by atoms with Gasteiger partial charge in [0.05, 0.1) is 6.04 Å². The number of carbonyl (C=O) groups is 2. The van der Waals surface area contributed by atoms with Crippen molar-refractivity contribution in [2.24, 2.45) is 5.92 Å². The number of aliphatic hydroxyl groups excluding tert-OH is 1. The quantitative estimate of drug-likeness (QED) is 0.768. The highest BCUT2D eigenvalue weighted by Gasteiger charge is 2.41. The molecule has 1 aliphatic rings. The molecule has 2 aromatic carbocycles. The first-order valence-electron chi connectivity index (χ1n) is 9.28. The van der Waals surface area contributed by atoms with Crippen molar-refractivity contribution >= 4 is 11.7 Å². The largest absolute Gasteiger partial charge is 0.509 e. The molecule has 4 heteroatoms. The van der Waals surface area contributed by atoms with Crippen molar-refractivity contribution in [3.63, 3.8) is 0 Å². The van der Waals surface area contributed by atoms with Crippen molar-refractivity contribution < 1.29 is 14.7 Å². The van der Waals surface area contributed by atoms with E-state index in [9.17, 15) is 14.7 Å². The third-order valence-corrected chi connectivity index (χ3v) is 4.88. The van der Waals surface area contributed by atoms with Crippen LogP contribution in [0.4, 0.5) is 0 Å². The fraction of sp³-hybridized carbons (Fsp3) is 0.304. The third kappa shape index (κ3) is 3.95. The second kappa shape index (κ2) is 7.78. The Labute approximate surface area is 160 Å². The zero-order chi connectivity index (χ0) is 19.6. The summed E-state index contributed by atoms with van der Waals surface area (Å²) in [7, 11) is 0. The smallest absolute Gasteiger partial charge is 0.261 e. The lowest BCUT2D eigenvalue weighted by atomic mass is 10.0. The molecule has 1 aliphatic heterocycles. The number of aliphatic hydroxyl groups is 1. The maximum absolute atomic E-state index is 12.7. The van der Waals surface area contributed by atoms with Gasteiger partial charge in [0, 0.05) is 6.54 Å². The van der Waals surface area contributed by atoms with Crippen molar-refractivity contribution in [1.82, 2.24) is 4.90 Å². The lowest BCUT2D eigenvalue weighted by molar-refractivity contribution is -0.129. The van der Waals surface area contributed by atoms with Crippen molar-refractivity contribution in [3.05, 3.63) is 71.5 Å². The minimum atomic E-state index is -0.440. The Balaban J connectivity index is 1.83. The van der Waals surface area contributed by atoms with Crippen molar-refractivity contribution in [2.75, 3.05) is 0 Å². The molecule has 1 heterocycles. The van der Waals surface area contributed by atoms with Crippen LogP contribution in [0.5, 0.6) is 0 Å². The summed E-state index contributed by atoms with van der Waals surface area (Å²) in [6.07, 6.45) is 0.621. The van der Waals surface area contributed by atoms with E-state index < -0.39 is 6.04 Å². The van der Waals surface area contributed by atoms with Gasteiger partial charge in [-0.25, -0.2) is 0 Å². The summed E-state index contributed by atoms with van der Waals surface area (Å²) in [6.45, 7) is 5.77. The Morgan fingerprint density at radius 2 is 1.63 bits per heavy atom. The lowest BCUT2D eigenvalue weighted by Gasteiger charge is -2.27. The SMILES string of the molecule is CC(=O)C1=C(O)[C@H](CC(C)C)N(Cc2ccc(-c3ccccc3)cc2)C1=O. The molecule has 1 atom stereocenters. The second-order valence-corrected chi connectivity index (χ2v) is 7.46. The van der Waals surface area contributed by atoms with Gasteiger partial charge in [0.15, 0.2) is 5.78 Å². The van der Waals surface area contributed by atoms with Crippen molar-refractivity contribution in [1.29, 1.82) is 0 Å². The number of benzene rings is 2. The van der Waals surface area contributed by atoms with E-state index in [1.165, 1.54) is 6.92 Å². The predicted octanol–water partition coefficient (Wildman–Crippen LogP) is 4.51. The van der Waals surface area contributed by atoms with E-state index in [-0.39, 0.29) is 23.0 Å². The molecular weight excluding hydrogens is 338 g/mol. The zero-order valence-corrected chi connectivity index (χ0v) is 16.0. The van der Waals surface area contributed by atoms with Gasteiger partial charge < -0.3 is 10.0 Å². The maximum Gasteiger partial charge on any atom is 0.261 e. The van der Waals surface area contributed by atoms with Gasteiger partial charge in [-0.3, -0.25) is 9.59 Å². The Kier molecular flexibility index (Phi) is 5.45. The van der Waals surface area contributed by atoms with Gasteiger partial charge >= 0.3 is 0 Å². The van der Waals surface area contributed by atoms with Crippen LogP contribution in [0.3, 0.4) is 0 Å². The van der Waals surface area contributed by atoms with Crippen LogP contribution < -0.4 is 0 Å². The molecular formula is C23H25NO3. The first-order chi connectivity index (χ1) is 12.9. The molecule has 27 heavy (non-hydrogen) atoms. The second-order valence-electron chi connectivity index (χ2n) is 7.46. The van der Waals surface area contributed by atoms with Gasteiger partial charge in [0.1, 0.15) is 11.3 Å². The van der Waals surface area contributed by atoms with E-state index in [0.29, 0.717) is 18.9 Å². The van der Waals surface area contributed by atoms with Gasteiger partial charge in [0.2, 0.25) is 0 Å². The molecule has 1 N–H and O–H groups in total. The lowest BCUT2D eigenvalue weighted by Crippen LogP contribution is -2.36. The minimum Gasteiger partial charge on any atom is -0.509 e. The maximum atomic E-state index is 12.7. The summed E-state index contributed by atoms with van der Waals surface area (Å²) in [5.41, 5.74) is 3.14. The van der Waals surface area contributed by atoms with Gasteiger partial charge in [-0.15, -0.1) is 0 Å². The van der Waals surface area contributed by atoms with Crippen LogP contribution in [-0.4, -0.2) is 27.7 Å². The summed E-state index contributed by atoms with van der Waals surface area (Å²) in [5.74, 6) is -0.549. The highest BCUT2D eigenvalue weighted by Crippen LogP contribution is 2.31. The van der Waals surface area contributed by atoms with Gasteiger partial charge in [-0.1, -0.05) is 68.4 Å². The van der Waals surface area contributed by atoms with E-state index >= 15 is 0 Å². The number of nitrogens with zero attached hydrogens (tertiary/aromatic N) is 1. The summed E-state index contributed by atoms with van der Waals surface area (Å²) in [6, 6.07) is 17.7. The fourth-order valence-corrected chi connectivity index (χ4v) is 3.54. The van der Waals surface area contributed by atoms with Crippen LogP contribution >= 0.6 is 0 Å². The molecule has 3 rings (SSSR count). The molecule has 140 valence electrons. The molecule has 0 aliphatic carbocycles. The number of amides is 1. The van der Waals surface area contributed by atoms with Gasteiger partial charge in [-0.05, 0) is 36.0 Å². The monoisotopic (exact) mass is 363 g/mol. The minimum absolute atomic E-state index is 0.0680. The number of hydrogen-bond donors (Lipinski definition) is 1. The molecule has 4 nitrogen and oxygen atoms in total. The van der Waals surface area contributed by atoms with Gasteiger partial charge in [0.25, 0.3) is 5.91 Å². The standard InChI is InChI=1S/C23H25NO3/c1-15(2)13-20-22(26)21(16(3)25)23(27)24(20)14-17-9-11-19(12-10-17)18-7-5-4-6-8-18/h4-12,15,20,26H,13-14H2,1-3H3/t20-/m0/s1. The fourth-order valence-electron chi connectivity index (χ4n) is 3.54. The Hall–Kier alpha value is -2.88. The van der Waals surface area contributed by atoms with Crippen LogP contribution in [0.15, 0.2) is 65.9 Å². The number of Topliss-reactive ketones (excluding diaryl/α,β-unsaturated/α-hetero) is 1. The van der Waals surface area contributed by atoms with Crippen LogP contribution in [0.1, 0.15) is 32.8 Å². The molecule has 0 bridgehead atoms. The zero-order valence-electron chi connectivity index (χ0n) is 16.0. The van der Waals surface area contributed by atoms with E-state index in [0.717, 1.165) is 16.7 Å². The Morgan fingerprint density at radius 1 is 1.04 bits per heavy atom. The van der Waals surface area contributed by atoms with E-state index in [2.05, 4.69) is 12.1 Å². The van der Waals surface area contributed by atoms with Crippen LogP contribution in [0.2, 0.25) is 0 Å². The topological polar surface area (TPSA) is 57.6 Å². The van der Waals surface area contributed by atoms with E-state index in [1.807, 2.05) is 56.3 Å². The molecule has 0 aromatic heterocycles. The first kappa shape index (κ1) is 18.9. The molecule has 0 fully saturated rings. The van der Waals surface area contributed by atoms with Crippen LogP contribution in [-0.2, 0) is 16.1 Å². The van der Waals surface area contributed by atoms with Crippen LogP contribution in [0.25, 0.3) is 11.1 Å². The molecule has 0 radical (unpaired) electrons. The summed E-state index contributed by atoms with van der Waals surface area (Å²) >= 11 is 0. The average Bonchev–Trinajstić information content (AvgIpc) is 2.86. The van der Waals surface area contributed by atoms with Gasteiger partial charge in [-0.2, -0.15) is 0 Å². The Bertz CT molecular complexity index is 866. The molecule has 2 aromatic rings. The highest BCUT2D eigenvalue weighted by molar-refractivity contribution is 6.20. The number of hydrogen-bond acceptors (Lipinski definition) is 3. The number of ketones is 1. The summed E-state index contributed by atoms with van der Waals surface area (Å²) in [4.78, 5) is 26.2. The predicted molar refractivity (Wildman–Crippen MR) is 106 cm³/mol. The van der Waals surface area contributed by atoms with Crippen LogP contribution in [0, 0.1) is 5.92 Å². The summed E-state index contributed by atoms with van der Waals surface area (Å²) in [5, 5.41) is 10.5. The highest BCUT2D eigenvalue weighted by atomic mass is 16.3. The molecule has 0 saturated carbocycles. The molecule has 0 saturated heterocycles. The normalized spacial score (nSPS) is 17.1. The van der Waals surface area contributed by atoms with Crippen molar-refractivity contribution in [2.45, 2.75) is 39.8 Å². The Morgan fingerprint density at radius 3 is 2.19 bits per heavy atom. The van der Waals surface area contributed by atoms with E-state index in [4.69, 9.17) is 0 Å². The van der Waals surface area contributed by atoms with E-state index in [1.54, 1.807) is 4.90 Å². The first-order valence-corrected chi connectivity index (χ1v) is 9.28.